The van der Waals surface area contributed by atoms with Crippen molar-refractivity contribution in [3.63, 3.8) is 0 Å². The molecule has 0 saturated carbocycles. The quantitative estimate of drug-likeness (QED) is 0.732. The van der Waals surface area contributed by atoms with Crippen LogP contribution in [0.2, 0.25) is 0 Å². The minimum atomic E-state index is -0.352. The molecule has 0 fully saturated rings. The second-order valence-electron chi connectivity index (χ2n) is 3.21. The van der Waals surface area contributed by atoms with Gasteiger partial charge in [0.15, 0.2) is 0 Å². The van der Waals surface area contributed by atoms with Crippen molar-refractivity contribution in [1.29, 1.82) is 5.26 Å². The Bertz CT molecular complexity index is 587. The van der Waals surface area contributed by atoms with Crippen LogP contribution in [-0.2, 0) is 0 Å². The highest BCUT2D eigenvalue weighted by Crippen LogP contribution is 2.31. The van der Waals surface area contributed by atoms with Crippen molar-refractivity contribution in [3.05, 3.63) is 39.9 Å². The van der Waals surface area contributed by atoms with Crippen LogP contribution in [0, 0.1) is 24.1 Å². The summed E-state index contributed by atoms with van der Waals surface area (Å²) in [5.74, 6) is -0.352. The maximum atomic E-state index is 13.6. The van der Waals surface area contributed by atoms with Crippen molar-refractivity contribution in [2.75, 3.05) is 0 Å². The number of nitrogens with zero attached hydrogens (tertiary/aromatic N) is 2. The van der Waals surface area contributed by atoms with E-state index in [4.69, 9.17) is 5.26 Å². The molecule has 2 rings (SSSR count). The minimum absolute atomic E-state index is 0.352. The predicted octanol–water partition coefficient (Wildman–Crippen LogP) is 3.32. The largest absolute Gasteiger partial charge is 0.263 e. The minimum Gasteiger partial charge on any atom is -0.263 e. The molecule has 1 aromatic heterocycles. The van der Waals surface area contributed by atoms with Gasteiger partial charge in [0, 0.05) is 27.6 Å². The van der Waals surface area contributed by atoms with E-state index in [0.29, 0.717) is 16.3 Å². The van der Waals surface area contributed by atoms with Crippen molar-refractivity contribution < 1.29 is 4.39 Å². The average Bonchev–Trinajstić information content (AvgIpc) is 2.25. The molecule has 15 heavy (non-hydrogen) atoms. The summed E-state index contributed by atoms with van der Waals surface area (Å²) in [6, 6.07) is 3.43. The maximum absolute atomic E-state index is 13.6. The molecule has 0 saturated heterocycles. The van der Waals surface area contributed by atoms with Gasteiger partial charge in [-0.2, -0.15) is 5.26 Å². The van der Waals surface area contributed by atoms with Crippen LogP contribution in [0.1, 0.15) is 11.1 Å². The standard InChI is InChI=1S/C11H6BrFN2/c1-6-2-9(13)8-5-15-4-7(3-14)10(8)11(6)12/h2,4-5H,1H3. The molecule has 0 bridgehead atoms. The van der Waals surface area contributed by atoms with Crippen LogP contribution in [0.3, 0.4) is 0 Å². The number of aromatic nitrogens is 1. The van der Waals surface area contributed by atoms with Crippen LogP contribution in [0.5, 0.6) is 0 Å². The Labute approximate surface area is 94.5 Å². The molecule has 0 spiro atoms. The van der Waals surface area contributed by atoms with Crippen molar-refractivity contribution >= 4 is 26.7 Å². The van der Waals surface area contributed by atoms with Gasteiger partial charge in [-0.1, -0.05) is 0 Å². The maximum Gasteiger partial charge on any atom is 0.132 e. The summed E-state index contributed by atoms with van der Waals surface area (Å²) in [5, 5.41) is 9.86. The molecule has 0 radical (unpaired) electrons. The van der Waals surface area contributed by atoms with Crippen LogP contribution in [0.25, 0.3) is 10.8 Å². The van der Waals surface area contributed by atoms with E-state index < -0.39 is 0 Å². The van der Waals surface area contributed by atoms with E-state index in [9.17, 15) is 4.39 Å². The van der Waals surface area contributed by atoms with Crippen LogP contribution in [-0.4, -0.2) is 4.98 Å². The van der Waals surface area contributed by atoms with E-state index >= 15 is 0 Å². The van der Waals surface area contributed by atoms with Crippen molar-refractivity contribution in [2.45, 2.75) is 6.92 Å². The zero-order valence-corrected chi connectivity index (χ0v) is 9.47. The van der Waals surface area contributed by atoms with Gasteiger partial charge < -0.3 is 0 Å². The summed E-state index contributed by atoms with van der Waals surface area (Å²) >= 11 is 3.36. The monoisotopic (exact) mass is 264 g/mol. The van der Waals surface area contributed by atoms with E-state index in [2.05, 4.69) is 20.9 Å². The van der Waals surface area contributed by atoms with Gasteiger partial charge in [0.2, 0.25) is 0 Å². The Morgan fingerprint density at radius 1 is 1.47 bits per heavy atom. The van der Waals surface area contributed by atoms with Crippen molar-refractivity contribution in [2.24, 2.45) is 0 Å². The fourth-order valence-electron chi connectivity index (χ4n) is 1.49. The van der Waals surface area contributed by atoms with Gasteiger partial charge in [0.25, 0.3) is 0 Å². The van der Waals surface area contributed by atoms with E-state index in [1.807, 2.05) is 6.07 Å². The fourth-order valence-corrected chi connectivity index (χ4v) is 2.03. The molecule has 1 aromatic carbocycles. The first kappa shape index (κ1) is 10.1. The zero-order valence-electron chi connectivity index (χ0n) is 7.88. The zero-order chi connectivity index (χ0) is 11.0. The van der Waals surface area contributed by atoms with Crippen molar-refractivity contribution in [1.82, 2.24) is 4.98 Å². The number of benzene rings is 1. The number of rotatable bonds is 0. The Morgan fingerprint density at radius 3 is 2.87 bits per heavy atom. The lowest BCUT2D eigenvalue weighted by Gasteiger charge is -2.06. The summed E-state index contributed by atoms with van der Waals surface area (Å²) in [4.78, 5) is 3.83. The number of pyridine rings is 1. The van der Waals surface area contributed by atoms with Crippen LogP contribution in [0.15, 0.2) is 22.9 Å². The SMILES string of the molecule is Cc1cc(F)c2cncc(C#N)c2c1Br. The highest BCUT2D eigenvalue weighted by molar-refractivity contribution is 9.10. The van der Waals surface area contributed by atoms with Gasteiger partial charge in [-0.25, -0.2) is 4.39 Å². The number of hydrogen-bond acceptors (Lipinski definition) is 2. The van der Waals surface area contributed by atoms with Gasteiger partial charge in [-0.3, -0.25) is 4.98 Å². The molecule has 0 aliphatic carbocycles. The highest BCUT2D eigenvalue weighted by atomic mass is 79.9. The molecule has 1 heterocycles. The second kappa shape index (κ2) is 3.59. The summed E-state index contributed by atoms with van der Waals surface area (Å²) in [5.41, 5.74) is 1.14. The second-order valence-corrected chi connectivity index (χ2v) is 4.00. The molecule has 0 amide bonds. The van der Waals surface area contributed by atoms with E-state index in [1.54, 1.807) is 6.92 Å². The lowest BCUT2D eigenvalue weighted by atomic mass is 10.1. The van der Waals surface area contributed by atoms with Gasteiger partial charge in [0.1, 0.15) is 11.9 Å². The first-order valence-corrected chi connectivity index (χ1v) is 5.07. The average molecular weight is 265 g/mol. The highest BCUT2D eigenvalue weighted by Gasteiger charge is 2.11. The van der Waals surface area contributed by atoms with Gasteiger partial charge in [-0.05, 0) is 34.5 Å². The summed E-state index contributed by atoms with van der Waals surface area (Å²) in [6.45, 7) is 1.79. The Kier molecular flexibility index (Phi) is 2.41. The number of nitriles is 1. The third-order valence-electron chi connectivity index (χ3n) is 2.23. The molecule has 4 heteroatoms. The Hall–Kier alpha value is -1.47. The smallest absolute Gasteiger partial charge is 0.132 e. The normalized spacial score (nSPS) is 10.3. The lowest BCUT2D eigenvalue weighted by Crippen LogP contribution is -1.90. The topological polar surface area (TPSA) is 36.7 Å². The van der Waals surface area contributed by atoms with E-state index in [1.165, 1.54) is 18.5 Å². The van der Waals surface area contributed by atoms with Crippen LogP contribution < -0.4 is 0 Å². The molecule has 0 aliphatic rings. The van der Waals surface area contributed by atoms with Crippen LogP contribution >= 0.6 is 15.9 Å². The molecule has 0 N–H and O–H groups in total. The number of hydrogen-bond donors (Lipinski definition) is 0. The van der Waals surface area contributed by atoms with Gasteiger partial charge in [0.05, 0.1) is 5.56 Å². The molecule has 0 unspecified atom stereocenters. The van der Waals surface area contributed by atoms with Gasteiger partial charge >= 0.3 is 0 Å². The third-order valence-corrected chi connectivity index (χ3v) is 3.25. The van der Waals surface area contributed by atoms with Crippen molar-refractivity contribution in [3.8, 4) is 6.07 Å². The predicted molar refractivity (Wildman–Crippen MR) is 58.9 cm³/mol. The lowest BCUT2D eigenvalue weighted by molar-refractivity contribution is 0.638. The first-order valence-electron chi connectivity index (χ1n) is 4.27. The molecule has 0 aliphatic heterocycles. The number of halogens is 2. The molecule has 2 aromatic rings. The molecular formula is C11H6BrFN2. The van der Waals surface area contributed by atoms with E-state index in [0.717, 1.165) is 10.0 Å². The molecule has 74 valence electrons. The van der Waals surface area contributed by atoms with Gasteiger partial charge in [-0.15, -0.1) is 0 Å². The fraction of sp³-hybridized carbons (Fsp3) is 0.0909. The number of aryl methyl sites for hydroxylation is 1. The first-order chi connectivity index (χ1) is 7.15. The molecule has 0 atom stereocenters. The molecular weight excluding hydrogens is 259 g/mol. The van der Waals surface area contributed by atoms with E-state index in [-0.39, 0.29) is 5.82 Å². The third kappa shape index (κ3) is 1.49. The summed E-state index contributed by atoms with van der Waals surface area (Å²) in [6.07, 6.45) is 2.86. The molecule has 2 nitrogen and oxygen atoms in total. The number of fused-ring (bicyclic) bond motifs is 1. The summed E-state index contributed by atoms with van der Waals surface area (Å²) in [7, 11) is 0. The van der Waals surface area contributed by atoms with Crippen LogP contribution in [0.4, 0.5) is 4.39 Å². The summed E-state index contributed by atoms with van der Waals surface area (Å²) < 4.78 is 14.3. The Morgan fingerprint density at radius 2 is 2.20 bits per heavy atom. The Balaban J connectivity index is 3.05.